The first-order valence-corrected chi connectivity index (χ1v) is 7.50. The molecule has 0 bridgehead atoms. The van der Waals surface area contributed by atoms with E-state index < -0.39 is 0 Å². The highest BCUT2D eigenvalue weighted by atomic mass is 15.4. The quantitative estimate of drug-likeness (QED) is 0.879. The van der Waals surface area contributed by atoms with Crippen LogP contribution in [0.4, 0.5) is 0 Å². The van der Waals surface area contributed by atoms with Gasteiger partial charge in [-0.3, -0.25) is 4.90 Å². The SMILES string of the molecule is CCn1ncnc1CN1CC(C)NCC1(CC)CC. The number of piperazine rings is 1. The lowest BCUT2D eigenvalue weighted by atomic mass is 9.87. The highest BCUT2D eigenvalue weighted by Crippen LogP contribution is 2.28. The largest absolute Gasteiger partial charge is 0.311 e. The van der Waals surface area contributed by atoms with Gasteiger partial charge in [0.25, 0.3) is 0 Å². The average Bonchev–Trinajstić information content (AvgIpc) is 2.87. The van der Waals surface area contributed by atoms with Gasteiger partial charge in [0, 0.05) is 31.2 Å². The monoisotopic (exact) mass is 265 g/mol. The van der Waals surface area contributed by atoms with Crippen LogP contribution >= 0.6 is 0 Å². The van der Waals surface area contributed by atoms with Gasteiger partial charge in [0.1, 0.15) is 12.2 Å². The molecule has 2 rings (SSSR count). The Labute approximate surface area is 116 Å². The van der Waals surface area contributed by atoms with Crippen LogP contribution in [0.1, 0.15) is 46.4 Å². The molecule has 0 aromatic carbocycles. The number of nitrogens with one attached hydrogen (secondary N) is 1. The first-order chi connectivity index (χ1) is 9.15. The third-order valence-electron chi connectivity index (χ3n) is 4.59. The van der Waals surface area contributed by atoms with Crippen molar-refractivity contribution in [2.45, 2.75) is 65.2 Å². The van der Waals surface area contributed by atoms with Crippen molar-refractivity contribution in [3.63, 3.8) is 0 Å². The smallest absolute Gasteiger partial charge is 0.141 e. The van der Waals surface area contributed by atoms with Crippen molar-refractivity contribution in [1.29, 1.82) is 0 Å². The van der Waals surface area contributed by atoms with E-state index in [1.165, 1.54) is 12.8 Å². The van der Waals surface area contributed by atoms with Gasteiger partial charge >= 0.3 is 0 Å². The van der Waals surface area contributed by atoms with Gasteiger partial charge in [0.05, 0.1) is 6.54 Å². The summed E-state index contributed by atoms with van der Waals surface area (Å²) in [6.07, 6.45) is 4.01. The molecule has 108 valence electrons. The maximum atomic E-state index is 4.43. The van der Waals surface area contributed by atoms with E-state index in [9.17, 15) is 0 Å². The Morgan fingerprint density at radius 1 is 1.37 bits per heavy atom. The fourth-order valence-corrected chi connectivity index (χ4v) is 3.09. The van der Waals surface area contributed by atoms with E-state index in [4.69, 9.17) is 0 Å². The zero-order valence-electron chi connectivity index (χ0n) is 12.7. The number of aryl methyl sites for hydroxylation is 1. The Balaban J connectivity index is 2.18. The number of aromatic nitrogens is 3. The van der Waals surface area contributed by atoms with Crippen LogP contribution in [0.3, 0.4) is 0 Å². The Morgan fingerprint density at radius 3 is 2.74 bits per heavy atom. The minimum absolute atomic E-state index is 0.261. The van der Waals surface area contributed by atoms with Crippen LogP contribution in [-0.2, 0) is 13.1 Å². The van der Waals surface area contributed by atoms with E-state index in [1.54, 1.807) is 6.33 Å². The van der Waals surface area contributed by atoms with Gasteiger partial charge in [-0.1, -0.05) is 13.8 Å². The molecule has 2 heterocycles. The number of hydrogen-bond acceptors (Lipinski definition) is 4. The molecule has 1 unspecified atom stereocenters. The summed E-state index contributed by atoms with van der Waals surface area (Å²) in [5, 5.41) is 7.91. The molecule has 0 spiro atoms. The third kappa shape index (κ3) is 2.82. The zero-order valence-corrected chi connectivity index (χ0v) is 12.7. The molecule has 19 heavy (non-hydrogen) atoms. The Bertz CT molecular complexity index is 396. The van der Waals surface area contributed by atoms with Crippen molar-refractivity contribution in [2.24, 2.45) is 0 Å². The average molecular weight is 265 g/mol. The molecule has 0 aliphatic carbocycles. The zero-order chi connectivity index (χ0) is 13.9. The molecular formula is C14H27N5. The predicted molar refractivity (Wildman–Crippen MR) is 76.9 cm³/mol. The van der Waals surface area contributed by atoms with Crippen molar-refractivity contribution < 1.29 is 0 Å². The minimum atomic E-state index is 0.261. The van der Waals surface area contributed by atoms with E-state index in [0.29, 0.717) is 6.04 Å². The first kappa shape index (κ1) is 14.5. The summed E-state index contributed by atoms with van der Waals surface area (Å²) in [6, 6.07) is 0.546. The lowest BCUT2D eigenvalue weighted by Crippen LogP contribution is -2.63. The molecule has 1 atom stereocenters. The number of nitrogens with zero attached hydrogens (tertiary/aromatic N) is 4. The van der Waals surface area contributed by atoms with Crippen molar-refractivity contribution in [3.8, 4) is 0 Å². The molecule has 1 fully saturated rings. The Kier molecular flexibility index (Phi) is 4.58. The van der Waals surface area contributed by atoms with Gasteiger partial charge < -0.3 is 5.32 Å². The third-order valence-corrected chi connectivity index (χ3v) is 4.59. The Hall–Kier alpha value is -0.940. The van der Waals surface area contributed by atoms with E-state index in [-0.39, 0.29) is 5.54 Å². The second kappa shape index (κ2) is 6.01. The molecule has 1 N–H and O–H groups in total. The summed E-state index contributed by atoms with van der Waals surface area (Å²) in [4.78, 5) is 7.03. The standard InChI is InChI=1S/C14H27N5/c1-5-14(6-2)10-15-12(4)8-18(14)9-13-16-11-17-19(13)7-3/h11-12,15H,5-10H2,1-4H3. The predicted octanol–water partition coefficient (Wildman–Crippen LogP) is 1.65. The molecule has 0 amide bonds. The van der Waals surface area contributed by atoms with E-state index in [1.807, 2.05) is 4.68 Å². The van der Waals surface area contributed by atoms with E-state index in [2.05, 4.69) is 48.0 Å². The van der Waals surface area contributed by atoms with Crippen molar-refractivity contribution in [2.75, 3.05) is 13.1 Å². The van der Waals surface area contributed by atoms with Gasteiger partial charge in [-0.2, -0.15) is 5.10 Å². The van der Waals surface area contributed by atoms with Gasteiger partial charge in [0.2, 0.25) is 0 Å². The molecule has 0 saturated carbocycles. The maximum absolute atomic E-state index is 4.43. The normalized spacial score (nSPS) is 23.7. The lowest BCUT2D eigenvalue weighted by Gasteiger charge is -2.49. The molecule has 5 nitrogen and oxygen atoms in total. The molecule has 1 aromatic heterocycles. The van der Waals surface area contributed by atoms with Crippen LogP contribution in [0.2, 0.25) is 0 Å². The maximum Gasteiger partial charge on any atom is 0.141 e. The van der Waals surface area contributed by atoms with Gasteiger partial charge in [-0.05, 0) is 26.7 Å². The van der Waals surface area contributed by atoms with Gasteiger partial charge in [-0.25, -0.2) is 9.67 Å². The summed E-state index contributed by atoms with van der Waals surface area (Å²) in [7, 11) is 0. The van der Waals surface area contributed by atoms with Crippen LogP contribution in [0.5, 0.6) is 0 Å². The van der Waals surface area contributed by atoms with Crippen molar-refractivity contribution >= 4 is 0 Å². The molecule has 0 radical (unpaired) electrons. The van der Waals surface area contributed by atoms with Crippen LogP contribution in [0, 0.1) is 0 Å². The van der Waals surface area contributed by atoms with Crippen LogP contribution in [0.15, 0.2) is 6.33 Å². The molecule has 1 saturated heterocycles. The van der Waals surface area contributed by atoms with E-state index in [0.717, 1.165) is 32.0 Å². The minimum Gasteiger partial charge on any atom is -0.311 e. The molecule has 5 heteroatoms. The topological polar surface area (TPSA) is 46.0 Å². The first-order valence-electron chi connectivity index (χ1n) is 7.50. The van der Waals surface area contributed by atoms with Crippen LogP contribution < -0.4 is 5.32 Å². The molecule has 1 aromatic rings. The van der Waals surface area contributed by atoms with Crippen LogP contribution in [-0.4, -0.2) is 44.3 Å². The highest BCUT2D eigenvalue weighted by Gasteiger charge is 2.38. The molecular weight excluding hydrogens is 238 g/mol. The lowest BCUT2D eigenvalue weighted by molar-refractivity contribution is 0.0247. The van der Waals surface area contributed by atoms with E-state index >= 15 is 0 Å². The summed E-state index contributed by atoms with van der Waals surface area (Å²) in [5.41, 5.74) is 0.261. The number of hydrogen-bond donors (Lipinski definition) is 1. The number of rotatable bonds is 5. The molecule has 1 aliphatic rings. The van der Waals surface area contributed by atoms with Gasteiger partial charge in [0.15, 0.2) is 0 Å². The fraction of sp³-hybridized carbons (Fsp3) is 0.857. The summed E-state index contributed by atoms with van der Waals surface area (Å²) < 4.78 is 2.00. The second-order valence-electron chi connectivity index (χ2n) is 5.59. The molecule has 1 aliphatic heterocycles. The summed E-state index contributed by atoms with van der Waals surface area (Å²) in [6.45, 7) is 12.9. The van der Waals surface area contributed by atoms with Gasteiger partial charge in [-0.15, -0.1) is 0 Å². The second-order valence-corrected chi connectivity index (χ2v) is 5.59. The fourth-order valence-electron chi connectivity index (χ4n) is 3.09. The summed E-state index contributed by atoms with van der Waals surface area (Å²) >= 11 is 0. The summed E-state index contributed by atoms with van der Waals surface area (Å²) in [5.74, 6) is 1.09. The van der Waals surface area contributed by atoms with Crippen LogP contribution in [0.25, 0.3) is 0 Å². The highest BCUT2D eigenvalue weighted by molar-refractivity contribution is 4.99. The van der Waals surface area contributed by atoms with Crippen molar-refractivity contribution in [3.05, 3.63) is 12.2 Å². The van der Waals surface area contributed by atoms with Crippen molar-refractivity contribution in [1.82, 2.24) is 25.0 Å². The Morgan fingerprint density at radius 2 is 2.11 bits per heavy atom.